The highest BCUT2D eigenvalue weighted by Gasteiger charge is 2.26. The summed E-state index contributed by atoms with van der Waals surface area (Å²) < 4.78 is 5.14. The van der Waals surface area contributed by atoms with Crippen LogP contribution >= 0.6 is 0 Å². The van der Waals surface area contributed by atoms with E-state index in [4.69, 9.17) is 10.3 Å². The van der Waals surface area contributed by atoms with Crippen LogP contribution in [0.25, 0.3) is 11.6 Å². The van der Waals surface area contributed by atoms with E-state index in [-0.39, 0.29) is 35.5 Å². The van der Waals surface area contributed by atoms with Crippen LogP contribution < -0.4 is 16.4 Å². The van der Waals surface area contributed by atoms with Gasteiger partial charge in [-0.1, -0.05) is 47.6 Å². The number of nitrogens with two attached hydrogens (primary N) is 1. The van der Waals surface area contributed by atoms with Crippen LogP contribution in [-0.2, 0) is 6.42 Å². The Bertz CT molecular complexity index is 1240. The number of fused-ring (bicyclic) bond motifs is 1. The molecular formula is C21H18N8O2. The molecule has 0 spiro atoms. The number of hydrogen-bond donors (Lipinski definition) is 3. The van der Waals surface area contributed by atoms with Gasteiger partial charge in [-0.15, -0.1) is 0 Å². The summed E-state index contributed by atoms with van der Waals surface area (Å²) in [5, 5.41) is 9.81. The molecule has 10 nitrogen and oxygen atoms in total. The molecule has 0 saturated heterocycles. The minimum absolute atomic E-state index is 0.0122. The smallest absolute Gasteiger partial charge is 0.316 e. The molecule has 2 aromatic carbocycles. The number of anilines is 3. The standard InChI is InChI=1S/C21H18N8O2/c22-20-26-16(27-21(28-20)23-13-7-2-1-3-8-13)17-25-19(31-29-17)18(30)24-15-11-10-12-6-4-5-9-14(12)15/h1-9,15H,10-11H2,(H,24,30)(H3,22,23,26,27,28). The molecule has 154 valence electrons. The molecule has 2 aromatic heterocycles. The predicted molar refractivity (Wildman–Crippen MR) is 112 cm³/mol. The lowest BCUT2D eigenvalue weighted by molar-refractivity contribution is 0.0892. The van der Waals surface area contributed by atoms with Gasteiger partial charge in [0.1, 0.15) is 0 Å². The van der Waals surface area contributed by atoms with Crippen molar-refractivity contribution < 1.29 is 9.32 Å². The molecule has 1 unspecified atom stereocenters. The van der Waals surface area contributed by atoms with Gasteiger partial charge < -0.3 is 20.9 Å². The van der Waals surface area contributed by atoms with E-state index >= 15 is 0 Å². The number of benzene rings is 2. The molecule has 0 fully saturated rings. The Labute approximate surface area is 177 Å². The van der Waals surface area contributed by atoms with Crippen molar-refractivity contribution in [1.82, 2.24) is 30.4 Å². The normalized spacial score (nSPS) is 14.8. The number of carbonyl (C=O) groups excluding carboxylic acids is 1. The van der Waals surface area contributed by atoms with Crippen LogP contribution in [0.3, 0.4) is 0 Å². The van der Waals surface area contributed by atoms with E-state index in [0.717, 1.165) is 24.1 Å². The zero-order valence-corrected chi connectivity index (χ0v) is 16.3. The molecule has 31 heavy (non-hydrogen) atoms. The molecule has 1 atom stereocenters. The van der Waals surface area contributed by atoms with Gasteiger partial charge in [-0.05, 0) is 36.1 Å². The summed E-state index contributed by atoms with van der Waals surface area (Å²) in [4.78, 5) is 29.2. The number of aromatic nitrogens is 5. The van der Waals surface area contributed by atoms with E-state index in [9.17, 15) is 4.79 Å². The highest BCUT2D eigenvalue weighted by Crippen LogP contribution is 2.30. The Morgan fingerprint density at radius 3 is 2.65 bits per heavy atom. The third-order valence-corrected chi connectivity index (χ3v) is 4.94. The third-order valence-electron chi connectivity index (χ3n) is 4.94. The molecule has 4 aromatic rings. The number of nitrogen functional groups attached to an aromatic ring is 1. The molecule has 1 aliphatic rings. The molecule has 0 bridgehead atoms. The number of para-hydroxylation sites is 1. The third kappa shape index (κ3) is 3.90. The van der Waals surface area contributed by atoms with Crippen molar-refractivity contribution in [2.75, 3.05) is 11.1 Å². The van der Waals surface area contributed by atoms with Gasteiger partial charge in [-0.3, -0.25) is 4.79 Å². The van der Waals surface area contributed by atoms with E-state index in [0.29, 0.717) is 0 Å². The maximum Gasteiger partial charge on any atom is 0.316 e. The summed E-state index contributed by atoms with van der Waals surface area (Å²) in [5.74, 6) is -0.267. The van der Waals surface area contributed by atoms with Crippen LogP contribution in [0.5, 0.6) is 0 Å². The molecule has 10 heteroatoms. The van der Waals surface area contributed by atoms with E-state index in [2.05, 4.69) is 41.8 Å². The Balaban J connectivity index is 1.34. The summed E-state index contributed by atoms with van der Waals surface area (Å²) in [7, 11) is 0. The number of amides is 1. The average Bonchev–Trinajstić information content (AvgIpc) is 3.42. The first-order chi connectivity index (χ1) is 15.2. The van der Waals surface area contributed by atoms with Gasteiger partial charge in [-0.25, -0.2) is 0 Å². The number of aryl methyl sites for hydroxylation is 1. The first-order valence-electron chi connectivity index (χ1n) is 9.72. The fourth-order valence-electron chi connectivity index (χ4n) is 3.53. The highest BCUT2D eigenvalue weighted by atomic mass is 16.5. The van der Waals surface area contributed by atoms with E-state index < -0.39 is 5.91 Å². The maximum absolute atomic E-state index is 12.6. The highest BCUT2D eigenvalue weighted by molar-refractivity contribution is 5.90. The van der Waals surface area contributed by atoms with Gasteiger partial charge in [0.05, 0.1) is 6.04 Å². The Morgan fingerprint density at radius 2 is 1.77 bits per heavy atom. The first kappa shape index (κ1) is 18.7. The van der Waals surface area contributed by atoms with Gasteiger partial charge in [0.25, 0.3) is 0 Å². The van der Waals surface area contributed by atoms with Crippen LogP contribution in [0.2, 0.25) is 0 Å². The van der Waals surface area contributed by atoms with Crippen LogP contribution in [0.4, 0.5) is 17.6 Å². The number of nitrogens with zero attached hydrogens (tertiary/aromatic N) is 5. The van der Waals surface area contributed by atoms with Gasteiger partial charge in [0, 0.05) is 5.69 Å². The minimum Gasteiger partial charge on any atom is -0.368 e. The molecule has 0 aliphatic heterocycles. The first-order valence-corrected chi connectivity index (χ1v) is 9.72. The van der Waals surface area contributed by atoms with Crippen molar-refractivity contribution in [3.63, 3.8) is 0 Å². The molecule has 1 amide bonds. The summed E-state index contributed by atoms with van der Waals surface area (Å²) in [5.41, 5.74) is 8.93. The second-order valence-electron chi connectivity index (χ2n) is 7.02. The molecule has 4 N–H and O–H groups in total. The fourth-order valence-corrected chi connectivity index (χ4v) is 3.53. The lowest BCUT2D eigenvalue weighted by atomic mass is 10.1. The average molecular weight is 414 g/mol. The lowest BCUT2D eigenvalue weighted by Crippen LogP contribution is -2.27. The molecule has 0 radical (unpaired) electrons. The van der Waals surface area contributed by atoms with Crippen LogP contribution in [0, 0.1) is 0 Å². The lowest BCUT2D eigenvalue weighted by Gasteiger charge is -2.12. The van der Waals surface area contributed by atoms with Crippen LogP contribution in [-0.4, -0.2) is 31.0 Å². The molecule has 0 saturated carbocycles. The van der Waals surface area contributed by atoms with Crippen LogP contribution in [0.15, 0.2) is 59.1 Å². The number of hydrogen-bond acceptors (Lipinski definition) is 9. The van der Waals surface area contributed by atoms with E-state index in [1.807, 2.05) is 48.5 Å². The topological polar surface area (TPSA) is 145 Å². The van der Waals surface area contributed by atoms with Gasteiger partial charge >= 0.3 is 11.8 Å². The van der Waals surface area contributed by atoms with Gasteiger partial charge in [-0.2, -0.15) is 19.9 Å². The Morgan fingerprint density at radius 1 is 0.968 bits per heavy atom. The predicted octanol–water partition coefficient (Wildman–Crippen LogP) is 2.66. The molecule has 2 heterocycles. The summed E-state index contributed by atoms with van der Waals surface area (Å²) >= 11 is 0. The molecule has 5 rings (SSSR count). The van der Waals surface area contributed by atoms with E-state index in [1.165, 1.54) is 5.56 Å². The largest absolute Gasteiger partial charge is 0.368 e. The molecule has 1 aliphatic carbocycles. The summed E-state index contributed by atoms with van der Waals surface area (Å²) in [6.07, 6.45) is 1.74. The summed E-state index contributed by atoms with van der Waals surface area (Å²) in [6.45, 7) is 0. The van der Waals surface area contributed by atoms with Gasteiger partial charge in [0.2, 0.25) is 23.5 Å². The SMILES string of the molecule is Nc1nc(Nc2ccccc2)nc(-c2noc(C(=O)NC3CCc4ccccc43)n2)n1. The fraction of sp³-hybridized carbons (Fsp3) is 0.143. The Kier molecular flexibility index (Phi) is 4.71. The second-order valence-corrected chi connectivity index (χ2v) is 7.02. The number of carbonyl (C=O) groups is 1. The molecular weight excluding hydrogens is 396 g/mol. The monoisotopic (exact) mass is 414 g/mol. The van der Waals surface area contributed by atoms with Crippen molar-refractivity contribution in [2.45, 2.75) is 18.9 Å². The Hall–Kier alpha value is -4.34. The second kappa shape index (κ2) is 7.82. The van der Waals surface area contributed by atoms with Crippen molar-refractivity contribution in [1.29, 1.82) is 0 Å². The van der Waals surface area contributed by atoms with Crippen LogP contribution in [0.1, 0.15) is 34.3 Å². The van der Waals surface area contributed by atoms with E-state index in [1.54, 1.807) is 0 Å². The van der Waals surface area contributed by atoms with Crippen molar-refractivity contribution in [3.8, 4) is 11.6 Å². The van der Waals surface area contributed by atoms with Crippen molar-refractivity contribution >= 4 is 23.5 Å². The van der Waals surface area contributed by atoms with Crippen molar-refractivity contribution in [2.24, 2.45) is 0 Å². The zero-order valence-electron chi connectivity index (χ0n) is 16.3. The zero-order chi connectivity index (χ0) is 21.2. The number of nitrogens with one attached hydrogen (secondary N) is 2. The quantitative estimate of drug-likeness (QED) is 0.449. The number of rotatable bonds is 5. The minimum atomic E-state index is -0.454. The van der Waals surface area contributed by atoms with Crippen molar-refractivity contribution in [3.05, 3.63) is 71.6 Å². The van der Waals surface area contributed by atoms with Gasteiger partial charge in [0.15, 0.2) is 0 Å². The summed E-state index contributed by atoms with van der Waals surface area (Å²) in [6, 6.07) is 17.3. The maximum atomic E-state index is 12.6.